The molecule has 1 heterocycles. The van der Waals surface area contributed by atoms with Crippen LogP contribution in [0.2, 0.25) is 0 Å². The molecule has 2 N–H and O–H groups in total. The number of anilines is 1. The van der Waals surface area contributed by atoms with E-state index in [-0.39, 0.29) is 16.9 Å². The number of piperidine rings is 1. The molecule has 0 spiro atoms. The lowest BCUT2D eigenvalue weighted by Gasteiger charge is -2.41. The summed E-state index contributed by atoms with van der Waals surface area (Å²) < 4.78 is 5.60. The van der Waals surface area contributed by atoms with E-state index in [2.05, 4.69) is 6.92 Å². The molecule has 1 aliphatic carbocycles. The first kappa shape index (κ1) is 14.4. The number of rotatable bonds is 3. The standard InChI is InChI=1S/C17H24N2O2/c1-16(21-2)8-3-11-19(12-16)15(20)17(9-10-17)13-4-6-14(18)7-5-13/h4-7H,3,8-12,18H2,1-2H3. The van der Waals surface area contributed by atoms with Crippen LogP contribution in [0.25, 0.3) is 0 Å². The third-order valence-electron chi connectivity index (χ3n) is 5.06. The van der Waals surface area contributed by atoms with Crippen molar-refractivity contribution in [1.82, 2.24) is 4.90 Å². The number of hydrogen-bond donors (Lipinski definition) is 1. The van der Waals surface area contributed by atoms with Crippen molar-refractivity contribution in [1.29, 1.82) is 0 Å². The van der Waals surface area contributed by atoms with Gasteiger partial charge in [0.15, 0.2) is 0 Å². The number of hydrogen-bond acceptors (Lipinski definition) is 3. The van der Waals surface area contributed by atoms with E-state index in [4.69, 9.17) is 10.5 Å². The summed E-state index contributed by atoms with van der Waals surface area (Å²) in [6, 6.07) is 7.77. The van der Waals surface area contributed by atoms with E-state index in [1.54, 1.807) is 7.11 Å². The molecule has 114 valence electrons. The largest absolute Gasteiger partial charge is 0.399 e. The molecule has 2 aliphatic rings. The molecule has 1 aromatic carbocycles. The number of nitrogen functional groups attached to an aromatic ring is 1. The predicted octanol–water partition coefficient (Wildman–Crippen LogP) is 2.33. The summed E-state index contributed by atoms with van der Waals surface area (Å²) in [6.45, 7) is 3.63. The van der Waals surface area contributed by atoms with Gasteiger partial charge in [-0.1, -0.05) is 12.1 Å². The fraction of sp³-hybridized carbons (Fsp3) is 0.588. The van der Waals surface area contributed by atoms with Crippen LogP contribution in [0.3, 0.4) is 0 Å². The Morgan fingerprint density at radius 2 is 1.90 bits per heavy atom. The Bertz CT molecular complexity index is 536. The van der Waals surface area contributed by atoms with Crippen LogP contribution >= 0.6 is 0 Å². The van der Waals surface area contributed by atoms with Crippen LogP contribution in [0.15, 0.2) is 24.3 Å². The van der Waals surface area contributed by atoms with Gasteiger partial charge in [0.1, 0.15) is 0 Å². The van der Waals surface area contributed by atoms with Gasteiger partial charge in [-0.15, -0.1) is 0 Å². The first-order valence-electron chi connectivity index (χ1n) is 7.70. The van der Waals surface area contributed by atoms with E-state index in [1.807, 2.05) is 29.2 Å². The molecule has 1 atom stereocenters. The number of carbonyl (C=O) groups is 1. The average molecular weight is 288 g/mol. The van der Waals surface area contributed by atoms with E-state index in [0.717, 1.165) is 43.5 Å². The molecule has 2 fully saturated rings. The smallest absolute Gasteiger partial charge is 0.233 e. The van der Waals surface area contributed by atoms with Crippen LogP contribution in [0, 0.1) is 0 Å². The van der Waals surface area contributed by atoms with E-state index >= 15 is 0 Å². The number of likely N-dealkylation sites (tertiary alicyclic amines) is 1. The van der Waals surface area contributed by atoms with Crippen molar-refractivity contribution < 1.29 is 9.53 Å². The van der Waals surface area contributed by atoms with E-state index in [1.165, 1.54) is 0 Å². The summed E-state index contributed by atoms with van der Waals surface area (Å²) in [4.78, 5) is 15.0. The normalized spacial score (nSPS) is 27.4. The van der Waals surface area contributed by atoms with Crippen molar-refractivity contribution in [3.05, 3.63) is 29.8 Å². The zero-order chi connectivity index (χ0) is 15.1. The van der Waals surface area contributed by atoms with Gasteiger partial charge in [0, 0.05) is 25.9 Å². The Labute approximate surface area is 126 Å². The highest BCUT2D eigenvalue weighted by Gasteiger charge is 2.53. The Kier molecular flexibility index (Phi) is 3.44. The first-order valence-corrected chi connectivity index (χ1v) is 7.70. The number of nitrogens with two attached hydrogens (primary N) is 1. The highest BCUT2D eigenvalue weighted by molar-refractivity contribution is 5.91. The molecule has 0 bridgehead atoms. The number of carbonyl (C=O) groups excluding carboxylic acids is 1. The minimum Gasteiger partial charge on any atom is -0.399 e. The maximum Gasteiger partial charge on any atom is 0.233 e. The molecular weight excluding hydrogens is 264 g/mol. The fourth-order valence-corrected chi connectivity index (χ4v) is 3.40. The second kappa shape index (κ2) is 5.02. The Hall–Kier alpha value is -1.55. The summed E-state index contributed by atoms with van der Waals surface area (Å²) in [7, 11) is 1.74. The molecule has 0 aromatic heterocycles. The molecule has 1 saturated carbocycles. The van der Waals surface area contributed by atoms with Crippen LogP contribution in [0.5, 0.6) is 0 Å². The van der Waals surface area contributed by atoms with Crippen molar-refractivity contribution in [2.24, 2.45) is 0 Å². The van der Waals surface area contributed by atoms with Gasteiger partial charge in [-0.3, -0.25) is 4.79 Å². The van der Waals surface area contributed by atoms with Crippen LogP contribution in [-0.2, 0) is 14.9 Å². The number of amides is 1. The van der Waals surface area contributed by atoms with Gasteiger partial charge in [0.05, 0.1) is 11.0 Å². The van der Waals surface area contributed by atoms with Gasteiger partial charge >= 0.3 is 0 Å². The lowest BCUT2D eigenvalue weighted by Crippen LogP contribution is -2.52. The SMILES string of the molecule is COC1(C)CCCN(C(=O)C2(c3ccc(N)cc3)CC2)C1. The quantitative estimate of drug-likeness (QED) is 0.869. The van der Waals surface area contributed by atoms with Crippen molar-refractivity contribution in [3.63, 3.8) is 0 Å². The molecule has 3 rings (SSSR count). The molecule has 1 amide bonds. The molecular formula is C17H24N2O2. The number of ether oxygens (including phenoxy) is 1. The molecule has 1 aliphatic heterocycles. The molecule has 21 heavy (non-hydrogen) atoms. The zero-order valence-corrected chi connectivity index (χ0v) is 12.9. The minimum absolute atomic E-state index is 0.203. The number of benzene rings is 1. The Balaban J connectivity index is 1.80. The summed E-state index contributed by atoms with van der Waals surface area (Å²) >= 11 is 0. The summed E-state index contributed by atoms with van der Waals surface area (Å²) in [5.41, 5.74) is 7.09. The maximum atomic E-state index is 13.0. The molecule has 4 nitrogen and oxygen atoms in total. The second-order valence-corrected chi connectivity index (χ2v) is 6.69. The molecule has 4 heteroatoms. The lowest BCUT2D eigenvalue weighted by molar-refractivity contribution is -0.142. The lowest BCUT2D eigenvalue weighted by atomic mass is 9.90. The minimum atomic E-state index is -0.306. The van der Waals surface area contributed by atoms with Crippen molar-refractivity contribution >= 4 is 11.6 Å². The summed E-state index contributed by atoms with van der Waals surface area (Å²) in [5.74, 6) is 0.259. The molecule has 0 radical (unpaired) electrons. The summed E-state index contributed by atoms with van der Waals surface area (Å²) in [6.07, 6.45) is 3.90. The van der Waals surface area contributed by atoms with Crippen LogP contribution in [0.4, 0.5) is 5.69 Å². The van der Waals surface area contributed by atoms with Crippen molar-refractivity contribution in [2.45, 2.75) is 43.6 Å². The van der Waals surface area contributed by atoms with Crippen molar-refractivity contribution in [2.75, 3.05) is 25.9 Å². The number of methoxy groups -OCH3 is 1. The predicted molar refractivity (Wildman–Crippen MR) is 83.0 cm³/mol. The van der Waals surface area contributed by atoms with Gasteiger partial charge in [0.25, 0.3) is 0 Å². The Morgan fingerprint density at radius 1 is 1.24 bits per heavy atom. The zero-order valence-electron chi connectivity index (χ0n) is 12.9. The third kappa shape index (κ3) is 2.53. The molecule has 1 unspecified atom stereocenters. The third-order valence-corrected chi connectivity index (χ3v) is 5.06. The van der Waals surface area contributed by atoms with Gasteiger partial charge in [-0.25, -0.2) is 0 Å². The summed E-state index contributed by atoms with van der Waals surface area (Å²) in [5, 5.41) is 0. The van der Waals surface area contributed by atoms with Crippen LogP contribution < -0.4 is 5.73 Å². The monoisotopic (exact) mass is 288 g/mol. The van der Waals surface area contributed by atoms with E-state index < -0.39 is 0 Å². The molecule has 1 aromatic rings. The topological polar surface area (TPSA) is 55.6 Å². The van der Waals surface area contributed by atoms with E-state index in [9.17, 15) is 4.79 Å². The fourth-order valence-electron chi connectivity index (χ4n) is 3.40. The van der Waals surface area contributed by atoms with Gasteiger partial charge in [-0.2, -0.15) is 0 Å². The highest BCUT2D eigenvalue weighted by Crippen LogP contribution is 2.50. The molecule has 1 saturated heterocycles. The first-order chi connectivity index (χ1) is 9.99. The van der Waals surface area contributed by atoms with Gasteiger partial charge in [-0.05, 0) is 50.3 Å². The van der Waals surface area contributed by atoms with Crippen molar-refractivity contribution in [3.8, 4) is 0 Å². The van der Waals surface area contributed by atoms with Gasteiger partial charge in [0.2, 0.25) is 5.91 Å². The van der Waals surface area contributed by atoms with E-state index in [0.29, 0.717) is 6.54 Å². The second-order valence-electron chi connectivity index (χ2n) is 6.69. The van der Waals surface area contributed by atoms with Crippen LogP contribution in [-0.4, -0.2) is 36.6 Å². The van der Waals surface area contributed by atoms with Crippen LogP contribution in [0.1, 0.15) is 38.2 Å². The average Bonchev–Trinajstić information content (AvgIpc) is 3.29. The Morgan fingerprint density at radius 3 is 2.48 bits per heavy atom. The highest BCUT2D eigenvalue weighted by atomic mass is 16.5. The number of nitrogens with zero attached hydrogens (tertiary/aromatic N) is 1. The maximum absolute atomic E-state index is 13.0. The van der Waals surface area contributed by atoms with Gasteiger partial charge < -0.3 is 15.4 Å².